The van der Waals surface area contributed by atoms with Gasteiger partial charge in [-0.25, -0.2) is 9.78 Å². The van der Waals surface area contributed by atoms with Gasteiger partial charge in [0.2, 0.25) is 0 Å². The fraction of sp³-hybridized carbons (Fsp3) is 0.400. The third kappa shape index (κ3) is 2.54. The van der Waals surface area contributed by atoms with E-state index < -0.39 is 12.1 Å². The van der Waals surface area contributed by atoms with E-state index in [1.807, 2.05) is 6.92 Å². The number of nitrogens with zero attached hydrogens (tertiary/aromatic N) is 2. The van der Waals surface area contributed by atoms with Crippen LogP contribution in [0.15, 0.2) is 23.0 Å². The molecule has 0 aliphatic heterocycles. The van der Waals surface area contributed by atoms with Crippen molar-refractivity contribution >= 4 is 28.6 Å². The molecule has 0 bridgehead atoms. The molecule has 6 nitrogen and oxygen atoms in total. The molecule has 1 aromatic heterocycles. The molecule has 1 unspecified atom stereocenters. The van der Waals surface area contributed by atoms with E-state index in [1.165, 1.54) is 0 Å². The zero-order valence-electron chi connectivity index (χ0n) is 12.0. The Bertz CT molecular complexity index is 798. The SMILES string of the molecule is CCC(NC(=O)O)c1nc2cccc(Cl)c2c(=O)n1C1CC1. The first kappa shape index (κ1) is 14.8. The number of hydrogen-bond acceptors (Lipinski definition) is 3. The predicted molar refractivity (Wildman–Crippen MR) is 83.5 cm³/mol. The van der Waals surface area contributed by atoms with Gasteiger partial charge in [-0.2, -0.15) is 0 Å². The van der Waals surface area contributed by atoms with Crippen molar-refractivity contribution in [2.24, 2.45) is 0 Å². The van der Waals surface area contributed by atoms with E-state index >= 15 is 0 Å². The van der Waals surface area contributed by atoms with Crippen molar-refractivity contribution in [2.45, 2.75) is 38.3 Å². The van der Waals surface area contributed by atoms with Crippen molar-refractivity contribution in [3.05, 3.63) is 39.4 Å². The normalized spacial score (nSPS) is 15.7. The average Bonchev–Trinajstić information content (AvgIpc) is 3.28. The third-order valence-corrected chi connectivity index (χ3v) is 4.15. The minimum atomic E-state index is -1.13. The largest absolute Gasteiger partial charge is 0.465 e. The lowest BCUT2D eigenvalue weighted by Gasteiger charge is -2.20. The molecule has 1 saturated carbocycles. The lowest BCUT2D eigenvalue weighted by atomic mass is 10.1. The number of fused-ring (bicyclic) bond motifs is 1. The van der Waals surface area contributed by atoms with Crippen LogP contribution in [-0.2, 0) is 0 Å². The van der Waals surface area contributed by atoms with Crippen molar-refractivity contribution in [3.63, 3.8) is 0 Å². The molecular weight excluding hydrogens is 306 g/mol. The summed E-state index contributed by atoms with van der Waals surface area (Å²) >= 11 is 6.15. The number of carbonyl (C=O) groups is 1. The van der Waals surface area contributed by atoms with E-state index in [2.05, 4.69) is 10.3 Å². The fourth-order valence-electron chi connectivity index (χ4n) is 2.65. The zero-order valence-corrected chi connectivity index (χ0v) is 12.8. The van der Waals surface area contributed by atoms with Crippen LogP contribution in [0.3, 0.4) is 0 Å². The lowest BCUT2D eigenvalue weighted by molar-refractivity contribution is 0.188. The summed E-state index contributed by atoms with van der Waals surface area (Å²) in [6, 6.07) is 4.68. The van der Waals surface area contributed by atoms with Crippen molar-refractivity contribution < 1.29 is 9.90 Å². The van der Waals surface area contributed by atoms with Gasteiger partial charge in [0, 0.05) is 6.04 Å². The molecule has 0 spiro atoms. The first-order valence-electron chi connectivity index (χ1n) is 7.23. The Hall–Kier alpha value is -2.08. The minimum absolute atomic E-state index is 0.0836. The molecule has 2 N–H and O–H groups in total. The number of carboxylic acid groups (broad SMARTS) is 1. The maximum atomic E-state index is 12.8. The second kappa shape index (κ2) is 5.61. The number of aromatic nitrogens is 2. The Labute approximate surface area is 131 Å². The van der Waals surface area contributed by atoms with Gasteiger partial charge in [-0.05, 0) is 31.4 Å². The second-order valence-electron chi connectivity index (χ2n) is 5.42. The second-order valence-corrected chi connectivity index (χ2v) is 5.83. The highest BCUT2D eigenvalue weighted by Gasteiger charge is 2.31. The Kier molecular flexibility index (Phi) is 3.78. The molecule has 0 radical (unpaired) electrons. The molecule has 2 aromatic rings. The summed E-state index contributed by atoms with van der Waals surface area (Å²) in [5, 5.41) is 12.2. The van der Waals surface area contributed by atoms with Crippen LogP contribution < -0.4 is 10.9 Å². The van der Waals surface area contributed by atoms with Crippen LogP contribution in [0.2, 0.25) is 5.02 Å². The Balaban J connectivity index is 2.26. The van der Waals surface area contributed by atoms with E-state index in [-0.39, 0.29) is 11.6 Å². The van der Waals surface area contributed by atoms with Gasteiger partial charge in [-0.3, -0.25) is 9.36 Å². The van der Waals surface area contributed by atoms with Crippen LogP contribution in [0.1, 0.15) is 44.1 Å². The maximum absolute atomic E-state index is 12.8. The summed E-state index contributed by atoms with van der Waals surface area (Å²) in [5.41, 5.74) is 0.300. The average molecular weight is 322 g/mol. The quantitative estimate of drug-likeness (QED) is 0.906. The van der Waals surface area contributed by atoms with Crippen molar-refractivity contribution in [1.29, 1.82) is 0 Å². The maximum Gasteiger partial charge on any atom is 0.405 e. The number of rotatable bonds is 4. The van der Waals surface area contributed by atoms with Gasteiger partial charge in [-0.1, -0.05) is 24.6 Å². The van der Waals surface area contributed by atoms with E-state index in [0.29, 0.717) is 28.2 Å². The van der Waals surface area contributed by atoms with Gasteiger partial charge in [0.1, 0.15) is 5.82 Å². The van der Waals surface area contributed by atoms with E-state index in [9.17, 15) is 9.59 Å². The molecule has 1 amide bonds. The first-order chi connectivity index (χ1) is 10.5. The molecule has 1 aliphatic carbocycles. The third-order valence-electron chi connectivity index (χ3n) is 3.84. The molecule has 1 fully saturated rings. The number of hydrogen-bond donors (Lipinski definition) is 2. The summed E-state index contributed by atoms with van der Waals surface area (Å²) in [5.74, 6) is 0.465. The molecule has 0 saturated heterocycles. The molecular formula is C15H16ClN3O3. The molecule has 3 rings (SSSR count). The molecule has 1 aromatic carbocycles. The van der Waals surface area contributed by atoms with E-state index in [4.69, 9.17) is 16.7 Å². The summed E-state index contributed by atoms with van der Waals surface area (Å²) in [7, 11) is 0. The van der Waals surface area contributed by atoms with Gasteiger partial charge in [0.15, 0.2) is 0 Å². The smallest absolute Gasteiger partial charge is 0.405 e. The van der Waals surface area contributed by atoms with Gasteiger partial charge < -0.3 is 10.4 Å². The molecule has 1 aliphatic rings. The first-order valence-corrected chi connectivity index (χ1v) is 7.60. The Morgan fingerprint density at radius 1 is 1.55 bits per heavy atom. The monoisotopic (exact) mass is 321 g/mol. The number of benzene rings is 1. The topological polar surface area (TPSA) is 84.2 Å². The van der Waals surface area contributed by atoms with Gasteiger partial charge in [0.25, 0.3) is 5.56 Å². The van der Waals surface area contributed by atoms with Crippen LogP contribution >= 0.6 is 11.6 Å². The van der Waals surface area contributed by atoms with Gasteiger partial charge in [0.05, 0.1) is 22.0 Å². The number of halogens is 1. The van der Waals surface area contributed by atoms with Crippen molar-refractivity contribution in [3.8, 4) is 0 Å². The summed E-state index contributed by atoms with van der Waals surface area (Å²) in [4.78, 5) is 28.4. The molecule has 1 heterocycles. The Morgan fingerprint density at radius 3 is 2.86 bits per heavy atom. The van der Waals surface area contributed by atoms with Gasteiger partial charge >= 0.3 is 6.09 Å². The molecule has 1 atom stereocenters. The fourth-order valence-corrected chi connectivity index (χ4v) is 2.90. The van der Waals surface area contributed by atoms with Crippen molar-refractivity contribution in [1.82, 2.24) is 14.9 Å². The molecule has 7 heteroatoms. The highest BCUT2D eigenvalue weighted by Crippen LogP contribution is 2.36. The number of nitrogens with one attached hydrogen (secondary N) is 1. The van der Waals surface area contributed by atoms with E-state index in [0.717, 1.165) is 12.8 Å². The lowest BCUT2D eigenvalue weighted by Crippen LogP contribution is -2.34. The Morgan fingerprint density at radius 2 is 2.27 bits per heavy atom. The zero-order chi connectivity index (χ0) is 15.9. The van der Waals surface area contributed by atoms with Crippen LogP contribution in [-0.4, -0.2) is 20.8 Å². The van der Waals surface area contributed by atoms with Crippen LogP contribution in [0, 0.1) is 0 Å². The highest BCUT2D eigenvalue weighted by atomic mass is 35.5. The predicted octanol–water partition coefficient (Wildman–Crippen LogP) is 3.10. The standard InChI is InChI=1S/C15H16ClN3O3/c1-2-10(18-15(21)22)13-17-11-5-3-4-9(16)12(11)14(20)19(13)8-6-7-8/h3-5,8,10,18H,2,6-7H2,1H3,(H,21,22). The molecule has 116 valence electrons. The minimum Gasteiger partial charge on any atom is -0.465 e. The summed E-state index contributed by atoms with van der Waals surface area (Å²) in [6.07, 6.45) is 1.18. The van der Waals surface area contributed by atoms with Crippen molar-refractivity contribution in [2.75, 3.05) is 0 Å². The van der Waals surface area contributed by atoms with Crippen LogP contribution in [0.5, 0.6) is 0 Å². The van der Waals surface area contributed by atoms with Crippen LogP contribution in [0.25, 0.3) is 10.9 Å². The van der Waals surface area contributed by atoms with Crippen LogP contribution in [0.4, 0.5) is 4.79 Å². The van der Waals surface area contributed by atoms with E-state index in [1.54, 1.807) is 22.8 Å². The summed E-state index contributed by atoms with van der Waals surface area (Å²) in [6.45, 7) is 1.85. The summed E-state index contributed by atoms with van der Waals surface area (Å²) < 4.78 is 1.61. The number of amides is 1. The van der Waals surface area contributed by atoms with Gasteiger partial charge in [-0.15, -0.1) is 0 Å². The highest BCUT2D eigenvalue weighted by molar-refractivity contribution is 6.35. The molecule has 22 heavy (non-hydrogen) atoms.